The first-order valence-corrected chi connectivity index (χ1v) is 15.0. The second-order valence-electron chi connectivity index (χ2n) is 9.66. The van der Waals surface area contributed by atoms with E-state index < -0.39 is 25.5 Å². The number of ether oxygens (including phenoxy) is 1. The maximum absolute atomic E-state index is 13.6. The molecule has 2 aromatic carbocycles. The molecule has 2 heterocycles. The third-order valence-corrected chi connectivity index (χ3v) is 11.2. The molecule has 2 aromatic rings. The summed E-state index contributed by atoms with van der Waals surface area (Å²) in [6.07, 6.45) is 3.90. The zero-order valence-corrected chi connectivity index (χ0v) is 21.6. The highest BCUT2D eigenvalue weighted by Crippen LogP contribution is 2.46. The van der Waals surface area contributed by atoms with Crippen molar-refractivity contribution < 1.29 is 26.4 Å². The highest BCUT2D eigenvalue weighted by Gasteiger charge is 2.45. The van der Waals surface area contributed by atoms with Gasteiger partial charge in [0.15, 0.2) is 5.78 Å². The van der Waals surface area contributed by atoms with Crippen LogP contribution < -0.4 is 0 Å². The van der Waals surface area contributed by atoms with E-state index in [9.17, 15) is 21.6 Å². The number of morpholine rings is 1. The molecule has 0 amide bonds. The number of fused-ring (bicyclic) bond motifs is 1. The van der Waals surface area contributed by atoms with E-state index in [1.54, 1.807) is 6.08 Å². The van der Waals surface area contributed by atoms with Crippen LogP contribution in [0.2, 0.25) is 0 Å². The van der Waals surface area contributed by atoms with E-state index in [-0.39, 0.29) is 41.8 Å². The molecule has 3 aliphatic rings. The summed E-state index contributed by atoms with van der Waals surface area (Å²) in [6.45, 7) is 1.81. The third-order valence-electron chi connectivity index (χ3n) is 7.43. The Hall–Kier alpha value is -2.37. The van der Waals surface area contributed by atoms with Crippen LogP contribution >= 0.6 is 0 Å². The van der Waals surface area contributed by atoms with Gasteiger partial charge in [-0.05, 0) is 55.2 Å². The SMILES string of the molecule is O=C1C=C2CCN(S(=O)(=O)c3ccc(S(=O)(=O)N4CCOCC4)cc3)CC2(Cc2ccccc2)CC1. The summed E-state index contributed by atoms with van der Waals surface area (Å²) < 4.78 is 61.2. The van der Waals surface area contributed by atoms with Crippen LogP contribution in [-0.4, -0.2) is 70.6 Å². The summed E-state index contributed by atoms with van der Waals surface area (Å²) >= 11 is 0. The number of nitrogens with zero attached hydrogens (tertiary/aromatic N) is 2. The van der Waals surface area contributed by atoms with E-state index in [0.29, 0.717) is 38.9 Å². The smallest absolute Gasteiger partial charge is 0.243 e. The Morgan fingerprint density at radius 1 is 0.778 bits per heavy atom. The largest absolute Gasteiger partial charge is 0.379 e. The summed E-state index contributed by atoms with van der Waals surface area (Å²) in [5, 5.41) is 0. The maximum atomic E-state index is 13.6. The minimum absolute atomic E-state index is 0.0672. The Balaban J connectivity index is 1.41. The minimum Gasteiger partial charge on any atom is -0.379 e. The van der Waals surface area contributed by atoms with Crippen molar-refractivity contribution in [1.82, 2.24) is 8.61 Å². The molecule has 1 unspecified atom stereocenters. The number of benzene rings is 2. The molecule has 0 radical (unpaired) electrons. The predicted octanol–water partition coefficient (Wildman–Crippen LogP) is 2.62. The van der Waals surface area contributed by atoms with Crippen molar-refractivity contribution in [2.24, 2.45) is 5.41 Å². The van der Waals surface area contributed by atoms with Gasteiger partial charge < -0.3 is 4.74 Å². The number of rotatable bonds is 6. The van der Waals surface area contributed by atoms with Crippen LogP contribution in [0, 0.1) is 5.41 Å². The van der Waals surface area contributed by atoms with Gasteiger partial charge in [0.2, 0.25) is 20.0 Å². The molecular weight excluding hydrogens is 500 g/mol. The summed E-state index contributed by atoms with van der Waals surface area (Å²) in [7, 11) is -7.56. The Morgan fingerprint density at radius 3 is 2.03 bits per heavy atom. The second-order valence-corrected chi connectivity index (χ2v) is 13.5. The summed E-state index contributed by atoms with van der Waals surface area (Å²) in [5.74, 6) is 0.0991. The summed E-state index contributed by atoms with van der Waals surface area (Å²) in [6, 6.07) is 15.4. The normalized spacial score (nSPS) is 24.2. The van der Waals surface area contributed by atoms with Crippen LogP contribution in [0.4, 0.5) is 0 Å². The first kappa shape index (κ1) is 25.3. The lowest BCUT2D eigenvalue weighted by atomic mass is 9.66. The Bertz CT molecular complexity index is 1370. The van der Waals surface area contributed by atoms with Crippen LogP contribution in [0.15, 0.2) is 76.0 Å². The van der Waals surface area contributed by atoms with Crippen molar-refractivity contribution in [3.8, 4) is 0 Å². The second kappa shape index (κ2) is 9.83. The molecule has 0 spiro atoms. The molecule has 8 nitrogen and oxygen atoms in total. The lowest BCUT2D eigenvalue weighted by Crippen LogP contribution is -2.49. The quantitative estimate of drug-likeness (QED) is 0.569. The molecule has 1 aliphatic carbocycles. The number of hydrogen-bond acceptors (Lipinski definition) is 6. The molecule has 2 saturated heterocycles. The fourth-order valence-electron chi connectivity index (χ4n) is 5.44. The van der Waals surface area contributed by atoms with Crippen LogP contribution in [0.3, 0.4) is 0 Å². The van der Waals surface area contributed by atoms with Gasteiger partial charge in [-0.1, -0.05) is 35.9 Å². The fraction of sp³-hybridized carbons (Fsp3) is 0.423. The van der Waals surface area contributed by atoms with Gasteiger partial charge >= 0.3 is 0 Å². The molecule has 1 atom stereocenters. The zero-order valence-electron chi connectivity index (χ0n) is 20.0. The van der Waals surface area contributed by atoms with Gasteiger partial charge in [0.25, 0.3) is 0 Å². The summed E-state index contributed by atoms with van der Waals surface area (Å²) in [4.78, 5) is 12.3. The minimum atomic E-state index is -3.85. The number of carbonyl (C=O) groups excluding carboxylic acids is 1. The van der Waals surface area contributed by atoms with Gasteiger partial charge in [0.05, 0.1) is 23.0 Å². The van der Waals surface area contributed by atoms with E-state index >= 15 is 0 Å². The monoisotopic (exact) mass is 530 g/mol. The molecule has 0 bridgehead atoms. The van der Waals surface area contributed by atoms with Gasteiger partial charge in [0, 0.05) is 38.0 Å². The van der Waals surface area contributed by atoms with Gasteiger partial charge in [-0.15, -0.1) is 0 Å². The van der Waals surface area contributed by atoms with E-state index in [1.807, 2.05) is 30.3 Å². The Kier molecular flexibility index (Phi) is 6.90. The first-order chi connectivity index (χ1) is 17.2. The maximum Gasteiger partial charge on any atom is 0.243 e. The van der Waals surface area contributed by atoms with Crippen molar-refractivity contribution in [1.29, 1.82) is 0 Å². The number of piperidine rings is 1. The van der Waals surface area contributed by atoms with E-state index in [2.05, 4.69) is 0 Å². The molecule has 2 fully saturated rings. The van der Waals surface area contributed by atoms with E-state index in [1.165, 1.54) is 32.9 Å². The highest BCUT2D eigenvalue weighted by atomic mass is 32.2. The van der Waals surface area contributed by atoms with Crippen LogP contribution in [0.1, 0.15) is 24.8 Å². The van der Waals surface area contributed by atoms with Crippen LogP contribution in [0.5, 0.6) is 0 Å². The first-order valence-electron chi connectivity index (χ1n) is 12.2. The molecule has 0 aromatic heterocycles. The fourth-order valence-corrected chi connectivity index (χ4v) is 8.38. The topological polar surface area (TPSA) is 101 Å². The average molecular weight is 531 g/mol. The molecule has 10 heteroatoms. The average Bonchev–Trinajstić information content (AvgIpc) is 2.90. The Morgan fingerprint density at radius 2 is 1.39 bits per heavy atom. The van der Waals surface area contributed by atoms with Crippen LogP contribution in [-0.2, 0) is 36.0 Å². The van der Waals surface area contributed by atoms with Crippen molar-refractivity contribution >= 4 is 25.8 Å². The number of hydrogen-bond donors (Lipinski definition) is 0. The summed E-state index contributed by atoms with van der Waals surface area (Å²) in [5.41, 5.74) is 1.70. The predicted molar refractivity (Wildman–Crippen MR) is 134 cm³/mol. The van der Waals surface area contributed by atoms with Crippen molar-refractivity contribution in [2.45, 2.75) is 35.5 Å². The highest BCUT2D eigenvalue weighted by molar-refractivity contribution is 7.89. The molecule has 2 aliphatic heterocycles. The number of carbonyl (C=O) groups is 1. The lowest BCUT2D eigenvalue weighted by molar-refractivity contribution is -0.116. The van der Waals surface area contributed by atoms with E-state index in [4.69, 9.17) is 4.74 Å². The number of ketones is 1. The third kappa shape index (κ3) is 4.80. The van der Waals surface area contributed by atoms with Crippen LogP contribution in [0.25, 0.3) is 0 Å². The zero-order chi connectivity index (χ0) is 25.4. The van der Waals surface area contributed by atoms with Gasteiger partial charge in [0.1, 0.15) is 0 Å². The molecule has 5 rings (SSSR count). The van der Waals surface area contributed by atoms with Gasteiger partial charge in [-0.2, -0.15) is 8.61 Å². The lowest BCUT2D eigenvalue weighted by Gasteiger charge is -2.46. The molecular formula is C26H30N2O6S2. The number of sulfonamides is 2. The van der Waals surface area contributed by atoms with E-state index in [0.717, 1.165) is 11.1 Å². The number of allylic oxidation sites excluding steroid dienone is 1. The van der Waals surface area contributed by atoms with Crippen molar-refractivity contribution in [2.75, 3.05) is 39.4 Å². The molecule has 36 heavy (non-hydrogen) atoms. The molecule has 192 valence electrons. The standard InChI is InChI=1S/C26H30N2O6S2/c29-23-10-12-26(19-21-4-2-1-3-5-21)20-28(13-11-22(26)18-23)36(32,33)25-8-6-24(7-9-25)35(30,31)27-14-16-34-17-15-27/h1-9,18H,10-17,19-20H2. The Labute approximate surface area is 212 Å². The van der Waals surface area contributed by atoms with Gasteiger partial charge in [-0.25, -0.2) is 16.8 Å². The van der Waals surface area contributed by atoms with Crippen molar-refractivity contribution in [3.05, 3.63) is 71.8 Å². The molecule has 0 N–H and O–H groups in total. The van der Waals surface area contributed by atoms with Gasteiger partial charge in [-0.3, -0.25) is 4.79 Å². The molecule has 0 saturated carbocycles. The van der Waals surface area contributed by atoms with Crippen molar-refractivity contribution in [3.63, 3.8) is 0 Å².